The molecule has 0 spiro atoms. The Bertz CT molecular complexity index is 638. The Kier molecular flexibility index (Phi) is 3.84. The number of alkyl halides is 3. The molecule has 110 valence electrons. The van der Waals surface area contributed by atoms with E-state index < -0.39 is 17.3 Å². The summed E-state index contributed by atoms with van der Waals surface area (Å²) in [4.78, 5) is 5.69. The Balaban J connectivity index is 2.71. The third-order valence-electron chi connectivity index (χ3n) is 3.20. The number of rotatable bonds is 3. The van der Waals surface area contributed by atoms with Gasteiger partial charge in [0.2, 0.25) is 0 Å². The monoisotopic (exact) mass is 295 g/mol. The summed E-state index contributed by atoms with van der Waals surface area (Å²) < 4.78 is 39.4. The van der Waals surface area contributed by atoms with Gasteiger partial charge in [-0.1, -0.05) is 0 Å². The van der Waals surface area contributed by atoms with Gasteiger partial charge in [-0.25, -0.2) is 4.98 Å². The number of nitrogens with one attached hydrogen (secondary N) is 1. The molecule has 0 aliphatic carbocycles. The molecule has 0 aromatic carbocycles. The van der Waals surface area contributed by atoms with Crippen LogP contribution in [0.3, 0.4) is 0 Å². The number of hydrogen-bond donors (Lipinski definition) is 2. The molecule has 1 aromatic rings. The first-order valence-electron chi connectivity index (χ1n) is 6.12. The molecule has 2 rings (SSSR count). The van der Waals surface area contributed by atoms with Gasteiger partial charge in [0.1, 0.15) is 17.5 Å². The van der Waals surface area contributed by atoms with E-state index in [-0.39, 0.29) is 17.1 Å². The van der Waals surface area contributed by atoms with Crippen molar-refractivity contribution in [1.82, 2.24) is 4.98 Å². The van der Waals surface area contributed by atoms with Crippen LogP contribution in [0.5, 0.6) is 0 Å². The van der Waals surface area contributed by atoms with Gasteiger partial charge in [-0.2, -0.15) is 18.4 Å². The van der Waals surface area contributed by atoms with Gasteiger partial charge in [-0.3, -0.25) is 0 Å². The quantitative estimate of drug-likeness (QED) is 0.836. The Hall–Kier alpha value is -2.56. The zero-order chi connectivity index (χ0) is 15.6. The largest absolute Gasteiger partial charge is 0.417 e. The summed E-state index contributed by atoms with van der Waals surface area (Å²) in [7, 11) is 0. The molecule has 0 amide bonds. The molecule has 21 heavy (non-hydrogen) atoms. The first kappa shape index (κ1) is 14.8. The Morgan fingerprint density at radius 3 is 2.52 bits per heavy atom. The van der Waals surface area contributed by atoms with E-state index in [1.807, 2.05) is 0 Å². The summed E-state index contributed by atoms with van der Waals surface area (Å²) >= 11 is 0. The Morgan fingerprint density at radius 1 is 1.48 bits per heavy atom. The zero-order valence-electron chi connectivity index (χ0n) is 10.9. The van der Waals surface area contributed by atoms with Gasteiger partial charge >= 0.3 is 6.18 Å². The summed E-state index contributed by atoms with van der Waals surface area (Å²) in [5, 5.41) is 16.3. The molecule has 3 N–H and O–H groups in total. The van der Waals surface area contributed by atoms with Crippen molar-refractivity contribution in [3.8, 4) is 6.07 Å². The number of nitriles is 1. The van der Waals surface area contributed by atoms with E-state index in [1.165, 1.54) is 0 Å². The first-order valence-corrected chi connectivity index (χ1v) is 6.12. The molecule has 1 fully saturated rings. The van der Waals surface area contributed by atoms with Crippen molar-refractivity contribution in [3.05, 3.63) is 29.1 Å². The summed E-state index contributed by atoms with van der Waals surface area (Å²) in [5.74, 6) is -0.00484. The van der Waals surface area contributed by atoms with Crippen LogP contribution in [0.4, 0.5) is 19.0 Å². The molecule has 1 aromatic heterocycles. The fourth-order valence-corrected chi connectivity index (χ4v) is 1.98. The summed E-state index contributed by atoms with van der Waals surface area (Å²) in [6, 6.07) is 2.35. The number of halogens is 3. The van der Waals surface area contributed by atoms with Crippen molar-refractivity contribution in [2.75, 3.05) is 18.0 Å². The lowest BCUT2D eigenvalue weighted by Crippen LogP contribution is -2.38. The predicted molar refractivity (Wildman–Crippen MR) is 71.7 cm³/mol. The normalized spacial score (nSPS) is 15.3. The minimum Gasteiger partial charge on any atom is -0.404 e. The molecule has 0 saturated carbocycles. The van der Waals surface area contributed by atoms with Gasteiger partial charge in [-0.15, -0.1) is 0 Å². The fourth-order valence-electron chi connectivity index (χ4n) is 1.98. The average molecular weight is 295 g/mol. The third-order valence-corrected chi connectivity index (χ3v) is 3.20. The highest BCUT2D eigenvalue weighted by Crippen LogP contribution is 2.37. The van der Waals surface area contributed by atoms with Gasteiger partial charge in [0.25, 0.3) is 0 Å². The van der Waals surface area contributed by atoms with Crippen molar-refractivity contribution in [2.45, 2.75) is 12.6 Å². The van der Waals surface area contributed by atoms with Crippen LogP contribution >= 0.6 is 0 Å². The molecule has 1 saturated heterocycles. The van der Waals surface area contributed by atoms with Crippen molar-refractivity contribution < 1.29 is 13.2 Å². The summed E-state index contributed by atoms with van der Waals surface area (Å²) in [6.45, 7) is 1.10. The molecule has 0 bridgehead atoms. The van der Waals surface area contributed by atoms with Gasteiger partial charge in [-0.05, 0) is 12.5 Å². The van der Waals surface area contributed by atoms with Crippen molar-refractivity contribution in [3.63, 3.8) is 0 Å². The molecule has 8 heteroatoms. The fraction of sp³-hybridized carbons (Fsp3) is 0.308. The molecular weight excluding hydrogens is 283 g/mol. The molecule has 0 radical (unpaired) electrons. The van der Waals surface area contributed by atoms with E-state index in [0.717, 1.165) is 24.9 Å². The predicted octanol–water partition coefficient (Wildman–Crippen LogP) is 2.13. The zero-order valence-corrected chi connectivity index (χ0v) is 10.9. The molecule has 2 heterocycles. The van der Waals surface area contributed by atoms with Crippen LogP contribution in [0.1, 0.15) is 23.2 Å². The van der Waals surface area contributed by atoms with Gasteiger partial charge in [0.05, 0.1) is 11.3 Å². The molecule has 0 atom stereocenters. The molecule has 1 aliphatic rings. The second kappa shape index (κ2) is 5.44. The highest BCUT2D eigenvalue weighted by atomic mass is 19.4. The maximum atomic E-state index is 13.1. The van der Waals surface area contributed by atoms with Gasteiger partial charge in [0, 0.05) is 31.1 Å². The van der Waals surface area contributed by atoms with E-state index in [1.54, 1.807) is 11.0 Å². The second-order valence-corrected chi connectivity index (χ2v) is 4.47. The Morgan fingerprint density at radius 2 is 2.14 bits per heavy atom. The van der Waals surface area contributed by atoms with Crippen molar-refractivity contribution in [1.29, 1.82) is 10.7 Å². The van der Waals surface area contributed by atoms with Crippen LogP contribution in [0.2, 0.25) is 0 Å². The van der Waals surface area contributed by atoms with Crippen LogP contribution in [-0.2, 0) is 6.18 Å². The average Bonchev–Trinajstić information content (AvgIpc) is 2.36. The number of nitrogens with two attached hydrogens (primary N) is 1. The minimum atomic E-state index is -4.68. The lowest BCUT2D eigenvalue weighted by atomic mass is 10.0. The number of nitrogens with zero attached hydrogens (tertiary/aromatic N) is 3. The highest BCUT2D eigenvalue weighted by molar-refractivity contribution is 6.07. The number of aromatic nitrogens is 1. The SMILES string of the molecule is N#Cc1c(C(F)(F)F)cc(/C(C=N)=C/N)nc1N1CCC1. The number of anilines is 1. The van der Waals surface area contributed by atoms with E-state index in [9.17, 15) is 13.2 Å². The summed E-state index contributed by atoms with van der Waals surface area (Å²) in [5.41, 5.74) is 3.75. The van der Waals surface area contributed by atoms with E-state index >= 15 is 0 Å². The van der Waals surface area contributed by atoms with E-state index in [0.29, 0.717) is 13.1 Å². The smallest absolute Gasteiger partial charge is 0.404 e. The van der Waals surface area contributed by atoms with Crippen LogP contribution < -0.4 is 10.6 Å². The second-order valence-electron chi connectivity index (χ2n) is 4.47. The topological polar surface area (TPSA) is 89.8 Å². The van der Waals surface area contributed by atoms with Crippen molar-refractivity contribution in [2.24, 2.45) is 5.73 Å². The van der Waals surface area contributed by atoms with Crippen molar-refractivity contribution >= 4 is 17.6 Å². The first-order chi connectivity index (χ1) is 9.92. The maximum absolute atomic E-state index is 13.1. The molecule has 5 nitrogen and oxygen atoms in total. The Labute approximate surface area is 119 Å². The number of allylic oxidation sites excluding steroid dienone is 1. The van der Waals surface area contributed by atoms with E-state index in [4.69, 9.17) is 16.4 Å². The number of hydrogen-bond acceptors (Lipinski definition) is 5. The lowest BCUT2D eigenvalue weighted by Gasteiger charge is -2.33. The molecule has 1 aliphatic heterocycles. The molecule has 0 unspecified atom stereocenters. The lowest BCUT2D eigenvalue weighted by molar-refractivity contribution is -0.137. The third kappa shape index (κ3) is 2.67. The number of pyridine rings is 1. The highest BCUT2D eigenvalue weighted by Gasteiger charge is 2.37. The molecular formula is C13H12F3N5. The maximum Gasteiger partial charge on any atom is 0.417 e. The van der Waals surface area contributed by atoms with Crippen LogP contribution in [-0.4, -0.2) is 24.3 Å². The standard InChI is InChI=1S/C13H12F3N5/c14-13(15,16)10-4-11(8(5-17)6-18)20-12(9(10)7-19)21-2-1-3-21/h4-6,17H,1-3,18H2/b8-6+,17-5?. The minimum absolute atomic E-state index is 0.00484. The van der Waals surface area contributed by atoms with Crippen LogP contribution in [0, 0.1) is 16.7 Å². The van der Waals surface area contributed by atoms with Gasteiger partial charge < -0.3 is 16.0 Å². The van der Waals surface area contributed by atoms with Crippen LogP contribution in [0.15, 0.2) is 12.3 Å². The van der Waals surface area contributed by atoms with Gasteiger partial charge in [0.15, 0.2) is 0 Å². The van der Waals surface area contributed by atoms with Crippen LogP contribution in [0.25, 0.3) is 5.57 Å². The van der Waals surface area contributed by atoms with E-state index in [2.05, 4.69) is 4.98 Å². The summed E-state index contributed by atoms with van der Waals surface area (Å²) in [6.07, 6.45) is -2.00.